The van der Waals surface area contributed by atoms with E-state index in [0.717, 1.165) is 0 Å². The van der Waals surface area contributed by atoms with Crippen LogP contribution in [-0.4, -0.2) is 28.6 Å². The molecule has 19 heavy (non-hydrogen) atoms. The molecule has 0 saturated carbocycles. The van der Waals surface area contributed by atoms with Crippen LogP contribution in [0.2, 0.25) is 10.3 Å². The molecule has 106 valence electrons. The molecule has 0 aliphatic heterocycles. The Morgan fingerprint density at radius 2 is 1.89 bits per heavy atom. The summed E-state index contributed by atoms with van der Waals surface area (Å²) < 4.78 is 0. The second-order valence-corrected chi connectivity index (χ2v) is 6.18. The fraction of sp³-hybridized carbons (Fsp3) is 0.538. The van der Waals surface area contributed by atoms with Crippen molar-refractivity contribution >= 4 is 29.1 Å². The lowest BCUT2D eigenvalue weighted by Crippen LogP contribution is -2.44. The van der Waals surface area contributed by atoms with Gasteiger partial charge in [0.15, 0.2) is 0 Å². The first-order chi connectivity index (χ1) is 8.74. The van der Waals surface area contributed by atoms with Crippen LogP contribution in [0.15, 0.2) is 12.1 Å². The minimum atomic E-state index is -0.278. The highest BCUT2D eigenvalue weighted by Gasteiger charge is 2.26. The molecular weight excluding hydrogens is 287 g/mol. The van der Waals surface area contributed by atoms with Crippen LogP contribution in [-0.2, 0) is 0 Å². The molecule has 1 aromatic rings. The maximum absolute atomic E-state index is 12.1. The Labute approximate surface area is 123 Å². The summed E-state index contributed by atoms with van der Waals surface area (Å²) in [6.07, 6.45) is 0.488. The fourth-order valence-electron chi connectivity index (χ4n) is 1.69. The molecular formula is C13H18Cl2N2O2. The number of nitrogens with zero attached hydrogens (tertiary/aromatic N) is 1. The van der Waals surface area contributed by atoms with E-state index in [0.29, 0.717) is 12.0 Å². The van der Waals surface area contributed by atoms with Gasteiger partial charge in [0.05, 0.1) is 0 Å². The number of carbonyl (C=O) groups is 1. The van der Waals surface area contributed by atoms with Gasteiger partial charge in [-0.05, 0) is 24.0 Å². The first kappa shape index (κ1) is 16.2. The van der Waals surface area contributed by atoms with Crippen LogP contribution in [0.5, 0.6) is 0 Å². The highest BCUT2D eigenvalue weighted by atomic mass is 35.5. The van der Waals surface area contributed by atoms with Gasteiger partial charge >= 0.3 is 0 Å². The predicted octanol–water partition coefficient (Wildman–Crippen LogP) is 2.92. The largest absolute Gasteiger partial charge is 0.396 e. The summed E-state index contributed by atoms with van der Waals surface area (Å²) in [7, 11) is 0. The summed E-state index contributed by atoms with van der Waals surface area (Å²) in [4.78, 5) is 15.9. The summed E-state index contributed by atoms with van der Waals surface area (Å²) in [6.45, 7) is 6.01. The molecule has 4 nitrogen and oxygen atoms in total. The number of rotatable bonds is 4. The molecule has 0 bridgehead atoms. The van der Waals surface area contributed by atoms with Crippen LogP contribution in [0.1, 0.15) is 37.6 Å². The van der Waals surface area contributed by atoms with Gasteiger partial charge < -0.3 is 10.4 Å². The van der Waals surface area contributed by atoms with E-state index in [9.17, 15) is 4.79 Å². The minimum absolute atomic E-state index is 0.0140. The van der Waals surface area contributed by atoms with Gasteiger partial charge in [-0.1, -0.05) is 44.0 Å². The summed E-state index contributed by atoms with van der Waals surface area (Å²) in [6, 6.07) is 2.78. The van der Waals surface area contributed by atoms with Crippen molar-refractivity contribution in [2.24, 2.45) is 5.41 Å². The van der Waals surface area contributed by atoms with Crippen molar-refractivity contribution in [1.29, 1.82) is 0 Å². The summed E-state index contributed by atoms with van der Waals surface area (Å²) >= 11 is 11.5. The van der Waals surface area contributed by atoms with E-state index in [1.165, 1.54) is 12.1 Å². The molecule has 0 fully saturated rings. The normalized spacial score (nSPS) is 13.2. The van der Waals surface area contributed by atoms with Crippen molar-refractivity contribution in [3.05, 3.63) is 28.0 Å². The Bertz CT molecular complexity index is 438. The van der Waals surface area contributed by atoms with E-state index in [4.69, 9.17) is 28.3 Å². The van der Waals surface area contributed by atoms with Gasteiger partial charge in [-0.25, -0.2) is 4.98 Å². The molecule has 0 radical (unpaired) electrons. The molecule has 0 saturated heterocycles. The van der Waals surface area contributed by atoms with Crippen molar-refractivity contribution in [2.45, 2.75) is 33.2 Å². The third kappa shape index (κ3) is 4.97. The van der Waals surface area contributed by atoms with Crippen molar-refractivity contribution in [2.75, 3.05) is 6.61 Å². The highest BCUT2D eigenvalue weighted by Crippen LogP contribution is 2.22. The lowest BCUT2D eigenvalue weighted by molar-refractivity contribution is 0.0885. The van der Waals surface area contributed by atoms with Crippen LogP contribution in [0, 0.1) is 5.41 Å². The van der Waals surface area contributed by atoms with Crippen molar-refractivity contribution < 1.29 is 9.90 Å². The monoisotopic (exact) mass is 304 g/mol. The molecule has 0 aromatic carbocycles. The third-order valence-corrected chi connectivity index (χ3v) is 3.18. The second-order valence-electron chi connectivity index (χ2n) is 5.41. The molecule has 0 spiro atoms. The SMILES string of the molecule is CC(C)(C)C(CCO)NC(=O)c1cc(Cl)nc(Cl)c1. The van der Waals surface area contributed by atoms with Crippen LogP contribution in [0.4, 0.5) is 0 Å². The number of pyridine rings is 1. The Kier molecular flexibility index (Phi) is 5.59. The van der Waals surface area contributed by atoms with Gasteiger partial charge in [0.25, 0.3) is 5.91 Å². The topological polar surface area (TPSA) is 62.2 Å². The second kappa shape index (κ2) is 6.55. The molecule has 1 heterocycles. The Morgan fingerprint density at radius 1 is 1.37 bits per heavy atom. The van der Waals surface area contributed by atoms with Gasteiger partial charge in [0.2, 0.25) is 0 Å². The summed E-state index contributed by atoms with van der Waals surface area (Å²) in [5, 5.41) is 12.3. The fourth-order valence-corrected chi connectivity index (χ4v) is 2.15. The zero-order valence-corrected chi connectivity index (χ0v) is 12.7. The van der Waals surface area contributed by atoms with E-state index >= 15 is 0 Å². The number of hydrogen-bond donors (Lipinski definition) is 2. The number of aliphatic hydroxyl groups excluding tert-OH is 1. The molecule has 0 aliphatic rings. The van der Waals surface area contributed by atoms with Crippen LogP contribution < -0.4 is 5.32 Å². The van der Waals surface area contributed by atoms with Crippen LogP contribution in [0.25, 0.3) is 0 Å². The number of hydrogen-bond acceptors (Lipinski definition) is 3. The van der Waals surface area contributed by atoms with Gasteiger partial charge in [-0.3, -0.25) is 4.79 Å². The molecule has 2 N–H and O–H groups in total. The van der Waals surface area contributed by atoms with Gasteiger partial charge in [0.1, 0.15) is 10.3 Å². The zero-order chi connectivity index (χ0) is 14.6. The van der Waals surface area contributed by atoms with Crippen molar-refractivity contribution in [3.8, 4) is 0 Å². The van der Waals surface area contributed by atoms with E-state index < -0.39 is 0 Å². The Balaban J connectivity index is 2.87. The number of amides is 1. The van der Waals surface area contributed by atoms with Crippen LogP contribution >= 0.6 is 23.2 Å². The van der Waals surface area contributed by atoms with Crippen molar-refractivity contribution in [3.63, 3.8) is 0 Å². The average Bonchev–Trinajstić information content (AvgIpc) is 2.25. The lowest BCUT2D eigenvalue weighted by atomic mass is 9.85. The third-order valence-electron chi connectivity index (χ3n) is 2.79. The number of aromatic nitrogens is 1. The van der Waals surface area contributed by atoms with Gasteiger partial charge in [-0.15, -0.1) is 0 Å². The first-order valence-corrected chi connectivity index (χ1v) is 6.74. The molecule has 1 atom stereocenters. The van der Waals surface area contributed by atoms with Crippen LogP contribution in [0.3, 0.4) is 0 Å². The number of nitrogens with one attached hydrogen (secondary N) is 1. The van der Waals surface area contributed by atoms with E-state index in [2.05, 4.69) is 10.3 Å². The number of aliphatic hydroxyl groups is 1. The minimum Gasteiger partial charge on any atom is -0.396 e. The van der Waals surface area contributed by atoms with Gasteiger partial charge in [0, 0.05) is 18.2 Å². The highest BCUT2D eigenvalue weighted by molar-refractivity contribution is 6.33. The lowest BCUT2D eigenvalue weighted by Gasteiger charge is -2.31. The molecule has 1 rings (SSSR count). The quantitative estimate of drug-likeness (QED) is 0.841. The molecule has 1 amide bonds. The molecule has 6 heteroatoms. The standard InChI is InChI=1S/C13H18Cl2N2O2/c1-13(2,3)9(4-5-18)16-12(19)8-6-10(14)17-11(15)7-8/h6-7,9,18H,4-5H2,1-3H3,(H,16,19). The summed E-state index contributed by atoms with van der Waals surface area (Å²) in [5.41, 5.74) is 0.205. The number of carbonyl (C=O) groups excluding carboxylic acids is 1. The van der Waals surface area contributed by atoms with E-state index in [1.807, 2.05) is 20.8 Å². The average molecular weight is 305 g/mol. The molecule has 1 aromatic heterocycles. The smallest absolute Gasteiger partial charge is 0.251 e. The van der Waals surface area contributed by atoms with Crippen molar-refractivity contribution in [1.82, 2.24) is 10.3 Å². The van der Waals surface area contributed by atoms with E-state index in [1.54, 1.807) is 0 Å². The number of halogens is 2. The zero-order valence-electron chi connectivity index (χ0n) is 11.2. The molecule has 0 aliphatic carbocycles. The Hall–Kier alpha value is -0.840. The first-order valence-electron chi connectivity index (χ1n) is 5.99. The summed E-state index contributed by atoms with van der Waals surface area (Å²) in [5.74, 6) is -0.278. The maximum Gasteiger partial charge on any atom is 0.251 e. The maximum atomic E-state index is 12.1. The molecule has 1 unspecified atom stereocenters. The Morgan fingerprint density at radius 3 is 2.32 bits per heavy atom. The predicted molar refractivity (Wildman–Crippen MR) is 76.7 cm³/mol. The van der Waals surface area contributed by atoms with E-state index in [-0.39, 0.29) is 34.3 Å². The van der Waals surface area contributed by atoms with Gasteiger partial charge in [-0.2, -0.15) is 0 Å².